The second-order valence-corrected chi connectivity index (χ2v) is 6.11. The molecule has 124 valence electrons. The molecule has 0 radical (unpaired) electrons. The number of hydrogen-bond acceptors (Lipinski definition) is 4. The molecule has 4 rings (SSSR count). The molecule has 0 spiro atoms. The van der Waals surface area contributed by atoms with Crippen LogP contribution in [-0.4, -0.2) is 4.92 Å². The Morgan fingerprint density at radius 2 is 1.80 bits per heavy atom. The van der Waals surface area contributed by atoms with E-state index in [1.54, 1.807) is 12.1 Å². The number of para-hydroxylation sites is 1. The van der Waals surface area contributed by atoms with Gasteiger partial charge in [0.25, 0.3) is 5.69 Å². The highest BCUT2D eigenvalue weighted by Gasteiger charge is 2.13. The van der Waals surface area contributed by atoms with Crippen molar-refractivity contribution in [2.45, 2.75) is 6.54 Å². The second-order valence-electron chi connectivity index (χ2n) is 5.71. The lowest BCUT2D eigenvalue weighted by atomic mass is 10.1. The maximum atomic E-state index is 11.0. The van der Waals surface area contributed by atoms with Crippen LogP contribution in [0.25, 0.3) is 21.9 Å². The third kappa shape index (κ3) is 2.90. The van der Waals surface area contributed by atoms with Crippen LogP contribution < -0.4 is 5.32 Å². The van der Waals surface area contributed by atoms with Crippen molar-refractivity contribution in [3.8, 4) is 0 Å². The van der Waals surface area contributed by atoms with E-state index in [0.29, 0.717) is 6.54 Å². The Morgan fingerprint density at radius 1 is 1.00 bits per heavy atom. The van der Waals surface area contributed by atoms with E-state index in [4.69, 9.17) is 16.0 Å². The first-order chi connectivity index (χ1) is 12.1. The minimum absolute atomic E-state index is 0.0859. The largest absolute Gasteiger partial charge is 0.456 e. The molecule has 6 heteroatoms. The van der Waals surface area contributed by atoms with E-state index in [9.17, 15) is 10.1 Å². The summed E-state index contributed by atoms with van der Waals surface area (Å²) < 4.78 is 5.81. The van der Waals surface area contributed by atoms with Gasteiger partial charge in [0.2, 0.25) is 0 Å². The number of furan rings is 1. The van der Waals surface area contributed by atoms with Gasteiger partial charge in [0.1, 0.15) is 16.2 Å². The molecular weight excluding hydrogens is 340 g/mol. The van der Waals surface area contributed by atoms with Crippen LogP contribution in [0.15, 0.2) is 65.1 Å². The third-order valence-electron chi connectivity index (χ3n) is 4.08. The number of benzene rings is 3. The normalized spacial score (nSPS) is 11.1. The van der Waals surface area contributed by atoms with Gasteiger partial charge in [-0.25, -0.2) is 0 Å². The molecular formula is C19H13ClN2O3. The summed E-state index contributed by atoms with van der Waals surface area (Å²) in [7, 11) is 0. The average molecular weight is 353 g/mol. The van der Waals surface area contributed by atoms with Gasteiger partial charge in [-0.1, -0.05) is 35.9 Å². The zero-order chi connectivity index (χ0) is 17.4. The SMILES string of the molecule is O=[N+]([O-])c1cc(CNc2ccc3oc4ccccc4c3c2)ccc1Cl. The molecule has 25 heavy (non-hydrogen) atoms. The van der Waals surface area contributed by atoms with E-state index in [0.717, 1.165) is 33.2 Å². The zero-order valence-corrected chi connectivity index (χ0v) is 13.8. The molecule has 1 N–H and O–H groups in total. The highest BCUT2D eigenvalue weighted by molar-refractivity contribution is 6.32. The maximum Gasteiger partial charge on any atom is 0.288 e. The Balaban J connectivity index is 1.62. The summed E-state index contributed by atoms with van der Waals surface area (Å²) in [6, 6.07) is 18.5. The first-order valence-corrected chi connectivity index (χ1v) is 8.07. The number of nitro groups is 1. The smallest absolute Gasteiger partial charge is 0.288 e. The predicted octanol–water partition coefficient (Wildman–Crippen LogP) is 5.76. The molecule has 0 atom stereocenters. The van der Waals surface area contributed by atoms with Gasteiger partial charge in [0, 0.05) is 29.1 Å². The van der Waals surface area contributed by atoms with Crippen molar-refractivity contribution in [2.24, 2.45) is 0 Å². The van der Waals surface area contributed by atoms with Gasteiger partial charge < -0.3 is 9.73 Å². The fourth-order valence-electron chi connectivity index (χ4n) is 2.85. The zero-order valence-electron chi connectivity index (χ0n) is 13.0. The monoisotopic (exact) mass is 352 g/mol. The maximum absolute atomic E-state index is 11.0. The highest BCUT2D eigenvalue weighted by atomic mass is 35.5. The lowest BCUT2D eigenvalue weighted by Crippen LogP contribution is -2.00. The summed E-state index contributed by atoms with van der Waals surface area (Å²) in [6.45, 7) is 0.458. The highest BCUT2D eigenvalue weighted by Crippen LogP contribution is 2.31. The number of fused-ring (bicyclic) bond motifs is 3. The lowest BCUT2D eigenvalue weighted by Gasteiger charge is -2.07. The van der Waals surface area contributed by atoms with Gasteiger partial charge in [-0.3, -0.25) is 10.1 Å². The number of nitro benzene ring substituents is 1. The standard InChI is InChI=1S/C19H13ClN2O3/c20-16-7-5-12(9-17(16)22(23)24)11-21-13-6-8-19-15(10-13)14-3-1-2-4-18(14)25-19/h1-10,21H,11H2. The molecule has 0 amide bonds. The summed E-state index contributed by atoms with van der Waals surface area (Å²) in [5.41, 5.74) is 3.29. The molecule has 0 bridgehead atoms. The van der Waals surface area contributed by atoms with Crippen LogP contribution in [0.4, 0.5) is 11.4 Å². The van der Waals surface area contributed by atoms with Crippen LogP contribution >= 0.6 is 11.6 Å². The number of anilines is 1. The molecule has 0 aliphatic carbocycles. The Morgan fingerprint density at radius 3 is 2.64 bits per heavy atom. The number of halogens is 1. The Bertz CT molecular complexity index is 1100. The molecule has 0 aliphatic heterocycles. The van der Waals surface area contributed by atoms with Crippen LogP contribution in [0, 0.1) is 10.1 Å². The van der Waals surface area contributed by atoms with Gasteiger partial charge in [0.05, 0.1) is 4.92 Å². The van der Waals surface area contributed by atoms with E-state index in [2.05, 4.69) is 5.32 Å². The Hall–Kier alpha value is -3.05. The predicted molar refractivity (Wildman–Crippen MR) is 99.2 cm³/mol. The van der Waals surface area contributed by atoms with Crippen molar-refractivity contribution in [3.05, 3.63) is 81.4 Å². The first kappa shape index (κ1) is 15.5. The van der Waals surface area contributed by atoms with Crippen molar-refractivity contribution in [1.29, 1.82) is 0 Å². The van der Waals surface area contributed by atoms with Crippen molar-refractivity contribution in [3.63, 3.8) is 0 Å². The van der Waals surface area contributed by atoms with Gasteiger partial charge in [-0.15, -0.1) is 0 Å². The fourth-order valence-corrected chi connectivity index (χ4v) is 3.03. The number of rotatable bonds is 4. The molecule has 1 heterocycles. The van der Waals surface area contributed by atoms with Gasteiger partial charge in [0.15, 0.2) is 0 Å². The molecule has 0 unspecified atom stereocenters. The van der Waals surface area contributed by atoms with E-state index >= 15 is 0 Å². The van der Waals surface area contributed by atoms with E-state index < -0.39 is 4.92 Å². The number of nitrogens with one attached hydrogen (secondary N) is 1. The van der Waals surface area contributed by atoms with Crippen molar-refractivity contribution in [1.82, 2.24) is 0 Å². The number of nitrogens with zero attached hydrogens (tertiary/aromatic N) is 1. The molecule has 0 fully saturated rings. The van der Waals surface area contributed by atoms with Crippen LogP contribution in [-0.2, 0) is 6.54 Å². The number of hydrogen-bond donors (Lipinski definition) is 1. The van der Waals surface area contributed by atoms with Crippen molar-refractivity contribution < 1.29 is 9.34 Å². The van der Waals surface area contributed by atoms with Crippen LogP contribution in [0.3, 0.4) is 0 Å². The topological polar surface area (TPSA) is 68.3 Å². The third-order valence-corrected chi connectivity index (χ3v) is 4.40. The van der Waals surface area contributed by atoms with Gasteiger partial charge in [-0.05, 0) is 35.9 Å². The molecule has 5 nitrogen and oxygen atoms in total. The minimum Gasteiger partial charge on any atom is -0.456 e. The Labute approximate surface area is 148 Å². The van der Waals surface area contributed by atoms with E-state index in [1.165, 1.54) is 6.07 Å². The summed E-state index contributed by atoms with van der Waals surface area (Å²) >= 11 is 5.84. The van der Waals surface area contributed by atoms with Gasteiger partial charge >= 0.3 is 0 Å². The van der Waals surface area contributed by atoms with Gasteiger partial charge in [-0.2, -0.15) is 0 Å². The van der Waals surface area contributed by atoms with Crippen molar-refractivity contribution >= 4 is 44.9 Å². The molecule has 0 aliphatic rings. The summed E-state index contributed by atoms with van der Waals surface area (Å²) in [4.78, 5) is 10.5. The molecule has 1 aromatic heterocycles. The summed E-state index contributed by atoms with van der Waals surface area (Å²) in [5, 5.41) is 16.5. The second kappa shape index (κ2) is 6.11. The molecule has 0 saturated heterocycles. The lowest BCUT2D eigenvalue weighted by molar-refractivity contribution is -0.384. The van der Waals surface area contributed by atoms with Crippen molar-refractivity contribution in [2.75, 3.05) is 5.32 Å². The minimum atomic E-state index is -0.477. The van der Waals surface area contributed by atoms with Crippen LogP contribution in [0.5, 0.6) is 0 Å². The summed E-state index contributed by atoms with van der Waals surface area (Å²) in [6.07, 6.45) is 0. The Kier molecular flexibility index (Phi) is 3.78. The molecule has 3 aromatic carbocycles. The fraction of sp³-hybridized carbons (Fsp3) is 0.0526. The van der Waals surface area contributed by atoms with E-state index in [1.807, 2.05) is 42.5 Å². The molecule has 0 saturated carbocycles. The first-order valence-electron chi connectivity index (χ1n) is 7.70. The van der Waals surface area contributed by atoms with E-state index in [-0.39, 0.29) is 10.7 Å². The summed E-state index contributed by atoms with van der Waals surface area (Å²) in [5.74, 6) is 0. The quantitative estimate of drug-likeness (QED) is 0.374. The molecule has 4 aromatic rings. The average Bonchev–Trinajstić information content (AvgIpc) is 2.99. The van der Waals surface area contributed by atoms with Crippen LogP contribution in [0.2, 0.25) is 5.02 Å². The van der Waals surface area contributed by atoms with Crippen LogP contribution in [0.1, 0.15) is 5.56 Å².